The fourth-order valence-corrected chi connectivity index (χ4v) is 1.27. The zero-order chi connectivity index (χ0) is 12.7. The Morgan fingerprint density at radius 3 is 2.94 bits per heavy atom. The van der Waals surface area contributed by atoms with Crippen LogP contribution in [0.3, 0.4) is 0 Å². The molecule has 1 amide bonds. The van der Waals surface area contributed by atoms with E-state index in [0.717, 1.165) is 0 Å². The van der Waals surface area contributed by atoms with Gasteiger partial charge in [-0.1, -0.05) is 18.2 Å². The summed E-state index contributed by atoms with van der Waals surface area (Å²) in [6.07, 6.45) is 5.59. The van der Waals surface area contributed by atoms with Crippen molar-refractivity contribution in [2.24, 2.45) is 0 Å². The first-order valence-corrected chi connectivity index (χ1v) is 5.20. The van der Waals surface area contributed by atoms with Gasteiger partial charge in [-0.05, 0) is 12.5 Å². The maximum Gasteiger partial charge on any atom is 0.355 e. The van der Waals surface area contributed by atoms with E-state index in [4.69, 9.17) is 5.11 Å². The van der Waals surface area contributed by atoms with Gasteiger partial charge in [-0.15, -0.1) is 0 Å². The molecule has 0 saturated heterocycles. The first kappa shape index (κ1) is 12.9. The molecule has 0 bridgehead atoms. The van der Waals surface area contributed by atoms with Crippen LogP contribution in [0, 0.1) is 0 Å². The molecule has 0 unspecified atom stereocenters. The van der Waals surface area contributed by atoms with Gasteiger partial charge in [0, 0.05) is 25.2 Å². The molecule has 0 radical (unpaired) electrons. The van der Waals surface area contributed by atoms with E-state index in [0.29, 0.717) is 18.5 Å². The Labute approximate surface area is 99.2 Å². The third kappa shape index (κ3) is 4.46. The van der Waals surface area contributed by atoms with E-state index in [9.17, 15) is 9.59 Å². The number of aromatic carboxylic acids is 1. The monoisotopic (exact) mass is 234 g/mol. The van der Waals surface area contributed by atoms with Crippen LogP contribution in [0.5, 0.6) is 0 Å². The smallest absolute Gasteiger partial charge is 0.355 e. The fourth-order valence-electron chi connectivity index (χ4n) is 1.27. The quantitative estimate of drug-likeness (QED) is 0.753. The van der Waals surface area contributed by atoms with E-state index in [1.54, 1.807) is 24.3 Å². The van der Waals surface area contributed by atoms with Crippen LogP contribution in [-0.4, -0.2) is 28.5 Å². The predicted octanol–water partition coefficient (Wildman–Crippen LogP) is 1.32. The molecule has 0 fully saturated rings. The van der Waals surface area contributed by atoms with E-state index >= 15 is 0 Å². The van der Waals surface area contributed by atoms with E-state index in [-0.39, 0.29) is 11.6 Å². The number of carbonyl (C=O) groups is 2. The van der Waals surface area contributed by atoms with Gasteiger partial charge in [0.05, 0.1) is 0 Å². The lowest BCUT2D eigenvalue weighted by Gasteiger charge is -1.99. The highest BCUT2D eigenvalue weighted by atomic mass is 16.4. The van der Waals surface area contributed by atoms with Crippen LogP contribution in [-0.2, 0) is 4.79 Å². The Morgan fingerprint density at radius 2 is 2.29 bits per heavy atom. The van der Waals surface area contributed by atoms with Crippen LogP contribution in [0.2, 0.25) is 0 Å². The number of nitrogens with one attached hydrogen (secondary N) is 1. The highest BCUT2D eigenvalue weighted by molar-refractivity contribution is 5.89. The lowest BCUT2D eigenvalue weighted by Crippen LogP contribution is -2.20. The minimum atomic E-state index is -1.05. The summed E-state index contributed by atoms with van der Waals surface area (Å²) in [5, 5.41) is 11.5. The lowest BCUT2D eigenvalue weighted by atomic mass is 10.1. The Morgan fingerprint density at radius 1 is 1.53 bits per heavy atom. The van der Waals surface area contributed by atoms with Crippen LogP contribution >= 0.6 is 0 Å². The standard InChI is InChI=1S/C12H14N2O3/c1-9(15)13-7-3-2-5-10-6-4-8-14-11(10)12(16)17/h2,4-6,8H,3,7H2,1H3,(H,13,15)(H,16,17). The Hall–Kier alpha value is -2.17. The first-order chi connectivity index (χ1) is 8.11. The number of aromatic nitrogens is 1. The third-order valence-electron chi connectivity index (χ3n) is 2.02. The first-order valence-electron chi connectivity index (χ1n) is 5.20. The molecule has 5 heteroatoms. The number of carbonyl (C=O) groups excluding carboxylic acids is 1. The average Bonchev–Trinajstić information content (AvgIpc) is 2.28. The van der Waals surface area contributed by atoms with Gasteiger partial charge in [0.2, 0.25) is 5.91 Å². The van der Waals surface area contributed by atoms with E-state index in [1.807, 2.05) is 0 Å². The summed E-state index contributed by atoms with van der Waals surface area (Å²) < 4.78 is 0. The maximum atomic E-state index is 10.8. The number of rotatable bonds is 5. The number of hydrogen-bond donors (Lipinski definition) is 2. The van der Waals surface area contributed by atoms with Gasteiger partial charge in [0.15, 0.2) is 5.69 Å². The molecule has 1 aromatic rings. The van der Waals surface area contributed by atoms with E-state index < -0.39 is 5.97 Å². The summed E-state index contributed by atoms with van der Waals surface area (Å²) in [5.74, 6) is -1.13. The molecule has 1 aromatic heterocycles. The zero-order valence-electron chi connectivity index (χ0n) is 9.51. The van der Waals surface area contributed by atoms with E-state index in [2.05, 4.69) is 10.3 Å². The minimum absolute atomic E-state index is 0.0308. The second kappa shape index (κ2) is 6.42. The van der Waals surface area contributed by atoms with Gasteiger partial charge in [0.1, 0.15) is 0 Å². The second-order valence-corrected chi connectivity index (χ2v) is 3.42. The van der Waals surface area contributed by atoms with Crippen molar-refractivity contribution in [1.82, 2.24) is 10.3 Å². The van der Waals surface area contributed by atoms with Gasteiger partial charge in [-0.2, -0.15) is 0 Å². The lowest BCUT2D eigenvalue weighted by molar-refractivity contribution is -0.118. The van der Waals surface area contributed by atoms with Gasteiger partial charge in [0.25, 0.3) is 0 Å². The van der Waals surface area contributed by atoms with Crippen molar-refractivity contribution in [1.29, 1.82) is 0 Å². The van der Waals surface area contributed by atoms with Gasteiger partial charge >= 0.3 is 5.97 Å². The Balaban J connectivity index is 2.59. The number of nitrogens with zero attached hydrogens (tertiary/aromatic N) is 1. The van der Waals surface area contributed by atoms with Gasteiger partial charge in [-0.25, -0.2) is 9.78 Å². The Kier molecular flexibility index (Phi) is 4.87. The molecule has 1 rings (SSSR count). The molecule has 17 heavy (non-hydrogen) atoms. The number of pyridine rings is 1. The number of carboxylic acids is 1. The third-order valence-corrected chi connectivity index (χ3v) is 2.02. The largest absolute Gasteiger partial charge is 0.476 e. The fraction of sp³-hybridized carbons (Fsp3) is 0.250. The normalized spacial score (nSPS) is 10.4. The van der Waals surface area contributed by atoms with Crippen LogP contribution < -0.4 is 5.32 Å². The predicted molar refractivity (Wildman–Crippen MR) is 63.5 cm³/mol. The molecule has 0 aliphatic heterocycles. The van der Waals surface area contributed by atoms with Crippen LogP contribution in [0.1, 0.15) is 29.4 Å². The second-order valence-electron chi connectivity index (χ2n) is 3.42. The van der Waals surface area contributed by atoms with Crippen LogP contribution in [0.4, 0.5) is 0 Å². The molecule has 2 N–H and O–H groups in total. The highest BCUT2D eigenvalue weighted by Gasteiger charge is 2.07. The van der Waals surface area contributed by atoms with Crippen molar-refractivity contribution in [3.63, 3.8) is 0 Å². The molecule has 0 aromatic carbocycles. The van der Waals surface area contributed by atoms with E-state index in [1.165, 1.54) is 13.1 Å². The zero-order valence-corrected chi connectivity index (χ0v) is 9.51. The molecule has 0 atom stereocenters. The molecule has 0 spiro atoms. The number of carboxylic acid groups (broad SMARTS) is 1. The summed E-state index contributed by atoms with van der Waals surface area (Å²) >= 11 is 0. The van der Waals surface area contributed by atoms with Crippen LogP contribution in [0.15, 0.2) is 24.4 Å². The average molecular weight is 234 g/mol. The maximum absolute atomic E-state index is 10.8. The minimum Gasteiger partial charge on any atom is -0.476 e. The van der Waals surface area contributed by atoms with Gasteiger partial charge in [-0.3, -0.25) is 4.79 Å². The van der Waals surface area contributed by atoms with Crippen molar-refractivity contribution in [3.8, 4) is 0 Å². The number of amides is 1. The molecule has 5 nitrogen and oxygen atoms in total. The number of hydrogen-bond acceptors (Lipinski definition) is 3. The van der Waals surface area contributed by atoms with Crippen molar-refractivity contribution in [2.75, 3.05) is 6.54 Å². The highest BCUT2D eigenvalue weighted by Crippen LogP contribution is 2.07. The van der Waals surface area contributed by atoms with Crippen molar-refractivity contribution < 1.29 is 14.7 Å². The molecule has 0 aliphatic carbocycles. The molecule has 0 aliphatic rings. The molecular weight excluding hydrogens is 220 g/mol. The molecule has 90 valence electrons. The summed E-state index contributed by atoms with van der Waals surface area (Å²) in [7, 11) is 0. The van der Waals surface area contributed by atoms with Crippen molar-refractivity contribution in [2.45, 2.75) is 13.3 Å². The molecule has 1 heterocycles. The summed E-state index contributed by atoms with van der Waals surface area (Å²) in [4.78, 5) is 25.2. The molecular formula is C12H14N2O3. The Bertz CT molecular complexity index is 441. The molecule has 0 saturated carbocycles. The van der Waals surface area contributed by atoms with Crippen molar-refractivity contribution >= 4 is 18.0 Å². The SMILES string of the molecule is CC(=O)NCCC=Cc1cccnc1C(=O)O. The van der Waals surface area contributed by atoms with Crippen molar-refractivity contribution in [3.05, 3.63) is 35.7 Å². The summed E-state index contributed by atoms with van der Waals surface area (Å²) in [5.41, 5.74) is 0.589. The summed E-state index contributed by atoms with van der Waals surface area (Å²) in [6, 6.07) is 3.37. The van der Waals surface area contributed by atoms with Gasteiger partial charge < -0.3 is 10.4 Å². The topological polar surface area (TPSA) is 79.3 Å². The van der Waals surface area contributed by atoms with Crippen LogP contribution in [0.25, 0.3) is 6.08 Å². The summed E-state index contributed by atoms with van der Waals surface area (Å²) in [6.45, 7) is 1.99.